The Hall–Kier alpha value is -3.15. The Kier molecular flexibility index (Phi) is 6.87. The molecule has 6 heteroatoms. The number of allylic oxidation sites excluding steroid dienone is 1. The molecule has 0 saturated carbocycles. The molecule has 1 unspecified atom stereocenters. The third-order valence-corrected chi connectivity index (χ3v) is 4.85. The molecule has 4 nitrogen and oxygen atoms in total. The Morgan fingerprint density at radius 3 is 2.53 bits per heavy atom. The van der Waals surface area contributed by atoms with Gasteiger partial charge in [-0.25, -0.2) is 9.37 Å². The second-order valence-electron chi connectivity index (χ2n) is 6.87. The first-order valence-electron chi connectivity index (χ1n) is 9.54. The van der Waals surface area contributed by atoms with Crippen LogP contribution >= 0.6 is 11.6 Å². The highest BCUT2D eigenvalue weighted by atomic mass is 35.5. The van der Waals surface area contributed by atoms with Gasteiger partial charge in [-0.3, -0.25) is 0 Å². The zero-order valence-electron chi connectivity index (χ0n) is 16.9. The summed E-state index contributed by atoms with van der Waals surface area (Å²) in [5, 5.41) is 7.06. The molecule has 1 heterocycles. The molecule has 2 aromatic carbocycles. The molecule has 3 aromatic rings. The Morgan fingerprint density at radius 1 is 1.13 bits per heavy atom. The largest absolute Gasteiger partial charge is 0.355 e. The van der Waals surface area contributed by atoms with Gasteiger partial charge in [0, 0.05) is 40.4 Å². The summed E-state index contributed by atoms with van der Waals surface area (Å²) >= 11 is 5.90. The van der Waals surface area contributed by atoms with Crippen LogP contribution in [-0.2, 0) is 0 Å². The normalized spacial score (nSPS) is 12.4. The Bertz CT molecular complexity index is 1070. The molecule has 0 amide bonds. The van der Waals surface area contributed by atoms with E-state index in [-0.39, 0.29) is 11.9 Å². The van der Waals surface area contributed by atoms with Crippen molar-refractivity contribution < 1.29 is 4.39 Å². The SMILES string of the molecule is C=C(Nc1ccc(Cl)cn1)c1ccccc1N/C(=C/C)c1ccc(C(C)N)cc1F. The molecule has 0 radical (unpaired) electrons. The van der Waals surface area contributed by atoms with E-state index in [0.717, 1.165) is 16.8 Å². The number of pyridine rings is 1. The van der Waals surface area contributed by atoms with Crippen LogP contribution in [0.2, 0.25) is 5.02 Å². The maximum Gasteiger partial charge on any atom is 0.132 e. The summed E-state index contributed by atoms with van der Waals surface area (Å²) in [6.45, 7) is 7.81. The molecule has 30 heavy (non-hydrogen) atoms. The summed E-state index contributed by atoms with van der Waals surface area (Å²) in [5.41, 5.74) is 10.00. The summed E-state index contributed by atoms with van der Waals surface area (Å²) in [6, 6.07) is 16.0. The van der Waals surface area contributed by atoms with Crippen molar-refractivity contribution >= 4 is 34.5 Å². The summed E-state index contributed by atoms with van der Waals surface area (Å²) in [7, 11) is 0. The van der Waals surface area contributed by atoms with Crippen LogP contribution in [0.15, 0.2) is 73.4 Å². The molecule has 0 aliphatic rings. The molecule has 0 saturated heterocycles. The first-order valence-corrected chi connectivity index (χ1v) is 9.92. The molecule has 1 atom stereocenters. The molecule has 3 rings (SSSR count). The average Bonchev–Trinajstić information content (AvgIpc) is 2.74. The minimum absolute atomic E-state index is 0.229. The highest BCUT2D eigenvalue weighted by Crippen LogP contribution is 2.29. The van der Waals surface area contributed by atoms with Gasteiger partial charge >= 0.3 is 0 Å². The lowest BCUT2D eigenvalue weighted by atomic mass is 10.0. The minimum Gasteiger partial charge on any atom is -0.355 e. The van der Waals surface area contributed by atoms with Crippen molar-refractivity contribution in [2.75, 3.05) is 10.6 Å². The molecule has 4 N–H and O–H groups in total. The molecule has 0 fully saturated rings. The van der Waals surface area contributed by atoms with Gasteiger partial charge in [-0.2, -0.15) is 0 Å². The van der Waals surface area contributed by atoms with Gasteiger partial charge in [0.1, 0.15) is 11.6 Å². The molecular formula is C24H24ClFN4. The number of hydrogen-bond donors (Lipinski definition) is 3. The van der Waals surface area contributed by atoms with E-state index in [1.165, 1.54) is 6.07 Å². The van der Waals surface area contributed by atoms with Crippen LogP contribution in [0.5, 0.6) is 0 Å². The van der Waals surface area contributed by atoms with Gasteiger partial charge in [0.25, 0.3) is 0 Å². The van der Waals surface area contributed by atoms with Crippen LogP contribution in [0.1, 0.15) is 36.6 Å². The number of anilines is 2. The van der Waals surface area contributed by atoms with Gasteiger partial charge in [-0.15, -0.1) is 0 Å². The topological polar surface area (TPSA) is 63.0 Å². The van der Waals surface area contributed by atoms with Crippen LogP contribution < -0.4 is 16.4 Å². The van der Waals surface area contributed by atoms with E-state index in [2.05, 4.69) is 22.2 Å². The lowest BCUT2D eigenvalue weighted by Crippen LogP contribution is -2.08. The Balaban J connectivity index is 1.86. The number of para-hydroxylation sites is 1. The van der Waals surface area contributed by atoms with Crippen LogP contribution in [0.3, 0.4) is 0 Å². The van der Waals surface area contributed by atoms with Crippen LogP contribution in [0.25, 0.3) is 11.4 Å². The molecule has 1 aromatic heterocycles. The quantitative estimate of drug-likeness (QED) is 0.409. The number of nitrogens with one attached hydrogen (secondary N) is 2. The van der Waals surface area contributed by atoms with Gasteiger partial charge in [0.2, 0.25) is 0 Å². The second kappa shape index (κ2) is 9.57. The zero-order chi connectivity index (χ0) is 21.7. The number of rotatable bonds is 7. The van der Waals surface area contributed by atoms with Crippen molar-refractivity contribution in [2.24, 2.45) is 5.73 Å². The number of hydrogen-bond acceptors (Lipinski definition) is 4. The predicted octanol–water partition coefficient (Wildman–Crippen LogP) is 6.45. The van der Waals surface area contributed by atoms with E-state index in [9.17, 15) is 4.39 Å². The lowest BCUT2D eigenvalue weighted by molar-refractivity contribution is 0.618. The van der Waals surface area contributed by atoms with E-state index >= 15 is 0 Å². The van der Waals surface area contributed by atoms with Gasteiger partial charge in [0.15, 0.2) is 0 Å². The van der Waals surface area contributed by atoms with E-state index in [0.29, 0.717) is 27.8 Å². The molecule has 0 spiro atoms. The number of aromatic nitrogens is 1. The predicted molar refractivity (Wildman–Crippen MR) is 125 cm³/mol. The van der Waals surface area contributed by atoms with Gasteiger partial charge in [0.05, 0.1) is 5.02 Å². The fourth-order valence-corrected chi connectivity index (χ4v) is 3.11. The maximum atomic E-state index is 14.7. The molecular weight excluding hydrogens is 399 g/mol. The molecule has 0 aliphatic carbocycles. The van der Waals surface area contributed by atoms with Gasteiger partial charge in [-0.1, -0.05) is 48.5 Å². The van der Waals surface area contributed by atoms with E-state index in [1.807, 2.05) is 50.3 Å². The lowest BCUT2D eigenvalue weighted by Gasteiger charge is -2.18. The fourth-order valence-electron chi connectivity index (χ4n) is 3.00. The van der Waals surface area contributed by atoms with Crippen molar-refractivity contribution in [3.63, 3.8) is 0 Å². The van der Waals surface area contributed by atoms with E-state index in [1.54, 1.807) is 24.4 Å². The van der Waals surface area contributed by atoms with Crippen molar-refractivity contribution in [1.82, 2.24) is 4.98 Å². The fraction of sp³-hybridized carbons (Fsp3) is 0.125. The summed E-state index contributed by atoms with van der Waals surface area (Å²) in [6.07, 6.45) is 3.39. The highest BCUT2D eigenvalue weighted by molar-refractivity contribution is 6.30. The minimum atomic E-state index is -0.329. The summed E-state index contributed by atoms with van der Waals surface area (Å²) in [4.78, 5) is 4.24. The summed E-state index contributed by atoms with van der Waals surface area (Å²) in [5.74, 6) is 0.299. The maximum absolute atomic E-state index is 14.7. The van der Waals surface area contributed by atoms with Gasteiger partial charge in [-0.05, 0) is 49.7 Å². The third kappa shape index (κ3) is 5.06. The zero-order valence-corrected chi connectivity index (χ0v) is 17.7. The monoisotopic (exact) mass is 422 g/mol. The standard InChI is InChI=1S/C24H24ClFN4/c1-4-22(20-11-9-17(15(2)27)13-21(20)26)30-23-8-6-5-7-19(23)16(3)29-24-12-10-18(25)14-28-24/h4-15,30H,3,27H2,1-2H3,(H,28,29)/b22-4+. The molecule has 0 aliphatic heterocycles. The van der Waals surface area contributed by atoms with Crippen molar-refractivity contribution in [2.45, 2.75) is 19.9 Å². The number of nitrogens with two attached hydrogens (primary N) is 1. The van der Waals surface area contributed by atoms with Crippen molar-refractivity contribution in [1.29, 1.82) is 0 Å². The Labute approximate surface area is 181 Å². The highest BCUT2D eigenvalue weighted by Gasteiger charge is 2.13. The number of nitrogens with zero attached hydrogens (tertiary/aromatic N) is 1. The van der Waals surface area contributed by atoms with Crippen molar-refractivity contribution in [3.8, 4) is 0 Å². The molecule has 154 valence electrons. The third-order valence-electron chi connectivity index (χ3n) is 4.63. The van der Waals surface area contributed by atoms with E-state index in [4.69, 9.17) is 17.3 Å². The Morgan fingerprint density at radius 2 is 1.90 bits per heavy atom. The smallest absolute Gasteiger partial charge is 0.132 e. The van der Waals surface area contributed by atoms with E-state index < -0.39 is 0 Å². The second-order valence-corrected chi connectivity index (χ2v) is 7.30. The van der Waals surface area contributed by atoms with Crippen molar-refractivity contribution in [3.05, 3.63) is 101 Å². The number of benzene rings is 2. The van der Waals surface area contributed by atoms with Crippen LogP contribution in [-0.4, -0.2) is 4.98 Å². The van der Waals surface area contributed by atoms with Gasteiger partial charge < -0.3 is 16.4 Å². The van der Waals surface area contributed by atoms with Crippen LogP contribution in [0.4, 0.5) is 15.9 Å². The molecule has 0 bridgehead atoms. The summed E-state index contributed by atoms with van der Waals surface area (Å²) < 4.78 is 14.7. The van der Waals surface area contributed by atoms with Crippen LogP contribution in [0, 0.1) is 5.82 Å². The first kappa shape index (κ1) is 21.6. The number of halogens is 2. The average molecular weight is 423 g/mol. The first-order chi connectivity index (χ1) is 14.4.